The van der Waals surface area contributed by atoms with E-state index in [0.717, 1.165) is 0 Å². The maximum atomic E-state index is 12.1. The van der Waals surface area contributed by atoms with Crippen molar-refractivity contribution in [2.24, 2.45) is 11.8 Å². The fraction of sp³-hybridized carbons (Fsp3) is 0.917. The molecule has 0 bridgehead atoms. The number of hydrogen-bond donors (Lipinski definition) is 0. The van der Waals surface area contributed by atoms with Crippen molar-refractivity contribution in [2.45, 2.75) is 58.7 Å². The van der Waals surface area contributed by atoms with Gasteiger partial charge in [0.2, 0.25) is 0 Å². The smallest absolute Gasteiger partial charge is 0.124 e. The van der Waals surface area contributed by atoms with Gasteiger partial charge in [-0.15, -0.1) is 0 Å². The van der Waals surface area contributed by atoms with Gasteiger partial charge in [-0.25, -0.2) is 0 Å². The molecule has 1 aliphatic carbocycles. The topological polar surface area (TPSA) is 17.1 Å². The van der Waals surface area contributed by atoms with Gasteiger partial charge in [-0.3, -0.25) is 0 Å². The maximum Gasteiger partial charge on any atom is 0.124 e. The molecule has 2 heteroatoms. The summed E-state index contributed by atoms with van der Waals surface area (Å²) >= 11 is 0. The summed E-state index contributed by atoms with van der Waals surface area (Å²) in [5, 5.41) is 0.587. The van der Waals surface area contributed by atoms with Crippen LogP contribution in [0.15, 0.2) is 0 Å². The minimum absolute atomic E-state index is 0.335. The van der Waals surface area contributed by atoms with Crippen molar-refractivity contribution in [3.8, 4) is 0 Å². The molecule has 0 amide bonds. The summed E-state index contributed by atoms with van der Waals surface area (Å²) in [7, 11) is -1.55. The van der Waals surface area contributed by atoms with E-state index in [1.165, 1.54) is 32.1 Å². The zero-order valence-electron chi connectivity index (χ0n) is 10.1. The Morgan fingerprint density at radius 3 is 2.07 bits per heavy atom. The molecule has 0 unspecified atom stereocenters. The van der Waals surface area contributed by atoms with E-state index in [2.05, 4.69) is 26.6 Å². The first-order valence-electron chi connectivity index (χ1n) is 5.97. The Labute approximate surface area is 89.3 Å². The fourth-order valence-electron chi connectivity index (χ4n) is 2.53. The summed E-state index contributed by atoms with van der Waals surface area (Å²) in [6.45, 7) is 8.69. The molecule has 82 valence electrons. The second kappa shape index (κ2) is 4.60. The van der Waals surface area contributed by atoms with E-state index in [1.54, 1.807) is 0 Å². The number of carbonyl (C=O) groups is 1. The minimum atomic E-state index is -1.55. The Balaban J connectivity index is 2.55. The molecule has 1 fully saturated rings. The van der Waals surface area contributed by atoms with Gasteiger partial charge in [-0.1, -0.05) is 45.8 Å². The Kier molecular flexibility index (Phi) is 3.93. The third kappa shape index (κ3) is 2.94. The van der Waals surface area contributed by atoms with Gasteiger partial charge in [-0.2, -0.15) is 0 Å². The van der Waals surface area contributed by atoms with Crippen LogP contribution in [-0.4, -0.2) is 13.5 Å². The van der Waals surface area contributed by atoms with Crippen LogP contribution in [0.3, 0.4) is 0 Å². The number of carbonyl (C=O) groups excluding carboxylic acids is 1. The SMILES string of the molecule is C[C@H](C(=O)[Si](C)(C)C)C1CCCCC1. The van der Waals surface area contributed by atoms with Crippen LogP contribution < -0.4 is 0 Å². The largest absolute Gasteiger partial charge is 0.305 e. The second-order valence-electron chi connectivity index (χ2n) is 5.80. The third-order valence-electron chi connectivity index (χ3n) is 3.51. The molecule has 0 heterocycles. The van der Waals surface area contributed by atoms with Gasteiger partial charge in [0, 0.05) is 5.92 Å². The number of rotatable bonds is 3. The van der Waals surface area contributed by atoms with Crippen molar-refractivity contribution in [3.05, 3.63) is 0 Å². The van der Waals surface area contributed by atoms with Crippen molar-refractivity contribution in [1.29, 1.82) is 0 Å². The maximum absolute atomic E-state index is 12.1. The zero-order chi connectivity index (χ0) is 10.8. The molecule has 0 saturated heterocycles. The molecule has 1 atom stereocenters. The fourth-order valence-corrected chi connectivity index (χ4v) is 4.13. The van der Waals surface area contributed by atoms with Gasteiger partial charge >= 0.3 is 0 Å². The molecule has 0 aromatic heterocycles. The zero-order valence-corrected chi connectivity index (χ0v) is 11.1. The van der Waals surface area contributed by atoms with Gasteiger partial charge in [0.25, 0.3) is 0 Å². The van der Waals surface area contributed by atoms with Crippen LogP contribution >= 0.6 is 0 Å². The predicted molar refractivity (Wildman–Crippen MR) is 64.1 cm³/mol. The first-order valence-corrected chi connectivity index (χ1v) is 9.47. The summed E-state index contributed by atoms with van der Waals surface area (Å²) in [4.78, 5) is 12.1. The Morgan fingerprint density at radius 1 is 1.14 bits per heavy atom. The molecule has 0 aliphatic heterocycles. The summed E-state index contributed by atoms with van der Waals surface area (Å²) in [6.07, 6.45) is 6.64. The highest BCUT2D eigenvalue weighted by molar-refractivity contribution is 7.03. The molecule has 1 nitrogen and oxygen atoms in total. The molecular formula is C12H24OSi. The highest BCUT2D eigenvalue weighted by Crippen LogP contribution is 2.31. The Hall–Kier alpha value is -0.113. The summed E-state index contributed by atoms with van der Waals surface area (Å²) < 4.78 is 0. The van der Waals surface area contributed by atoms with E-state index >= 15 is 0 Å². The molecule has 14 heavy (non-hydrogen) atoms. The van der Waals surface area contributed by atoms with Crippen LogP contribution in [0.5, 0.6) is 0 Å². The predicted octanol–water partition coefficient (Wildman–Crippen LogP) is 3.65. The van der Waals surface area contributed by atoms with Crippen LogP contribution in [0, 0.1) is 11.8 Å². The lowest BCUT2D eigenvalue weighted by Crippen LogP contribution is -2.40. The van der Waals surface area contributed by atoms with E-state index in [9.17, 15) is 4.79 Å². The highest BCUT2D eigenvalue weighted by Gasteiger charge is 2.33. The minimum Gasteiger partial charge on any atom is -0.305 e. The lowest BCUT2D eigenvalue weighted by molar-refractivity contribution is -0.117. The highest BCUT2D eigenvalue weighted by atomic mass is 28.3. The molecule has 0 spiro atoms. The average molecular weight is 212 g/mol. The van der Waals surface area contributed by atoms with Crippen LogP contribution in [0.2, 0.25) is 19.6 Å². The first kappa shape index (κ1) is 12.0. The summed E-state index contributed by atoms with van der Waals surface area (Å²) in [6, 6.07) is 0. The van der Waals surface area contributed by atoms with E-state index in [1.807, 2.05) is 0 Å². The normalized spacial score (nSPS) is 22.0. The van der Waals surface area contributed by atoms with Gasteiger partial charge in [0.15, 0.2) is 0 Å². The number of hydrogen-bond acceptors (Lipinski definition) is 1. The van der Waals surface area contributed by atoms with Crippen molar-refractivity contribution in [3.63, 3.8) is 0 Å². The van der Waals surface area contributed by atoms with Gasteiger partial charge < -0.3 is 4.79 Å². The lowest BCUT2D eigenvalue weighted by atomic mass is 9.81. The van der Waals surface area contributed by atoms with Gasteiger partial charge in [0.05, 0.1) is 0 Å². The first-order chi connectivity index (χ1) is 6.43. The summed E-state index contributed by atoms with van der Waals surface area (Å²) in [5.74, 6) is 1.03. The molecule has 0 N–H and O–H groups in total. The lowest BCUT2D eigenvalue weighted by Gasteiger charge is -2.30. The molecule has 0 aromatic carbocycles. The molecule has 1 rings (SSSR count). The van der Waals surface area contributed by atoms with Crippen molar-refractivity contribution >= 4 is 13.5 Å². The third-order valence-corrected chi connectivity index (χ3v) is 5.44. The molecular weight excluding hydrogens is 188 g/mol. The molecule has 1 aliphatic rings. The van der Waals surface area contributed by atoms with E-state index in [4.69, 9.17) is 0 Å². The van der Waals surface area contributed by atoms with Crippen LogP contribution in [0.25, 0.3) is 0 Å². The average Bonchev–Trinajstić information content (AvgIpc) is 2.15. The van der Waals surface area contributed by atoms with E-state index < -0.39 is 8.07 Å². The van der Waals surface area contributed by atoms with Crippen molar-refractivity contribution in [2.75, 3.05) is 0 Å². The quantitative estimate of drug-likeness (QED) is 0.653. The summed E-state index contributed by atoms with van der Waals surface area (Å²) in [5.41, 5.74) is 0. The van der Waals surface area contributed by atoms with E-state index in [0.29, 0.717) is 17.2 Å². The monoisotopic (exact) mass is 212 g/mol. The Morgan fingerprint density at radius 2 is 1.64 bits per heavy atom. The van der Waals surface area contributed by atoms with Gasteiger partial charge in [-0.05, 0) is 18.8 Å². The van der Waals surface area contributed by atoms with Gasteiger partial charge in [0.1, 0.15) is 13.5 Å². The van der Waals surface area contributed by atoms with E-state index in [-0.39, 0.29) is 0 Å². The standard InChI is InChI=1S/C12H24OSi/c1-10(12(13)14(2,3)4)11-8-6-5-7-9-11/h10-11H,5-9H2,1-4H3/t10-/m0/s1. The van der Waals surface area contributed by atoms with Crippen LogP contribution in [-0.2, 0) is 4.79 Å². The van der Waals surface area contributed by atoms with Crippen LogP contribution in [0.1, 0.15) is 39.0 Å². The van der Waals surface area contributed by atoms with Crippen molar-refractivity contribution in [1.82, 2.24) is 0 Å². The molecule has 0 aromatic rings. The molecule has 1 saturated carbocycles. The Bertz CT molecular complexity index is 199. The second-order valence-corrected chi connectivity index (χ2v) is 10.8. The van der Waals surface area contributed by atoms with Crippen molar-refractivity contribution < 1.29 is 4.79 Å². The van der Waals surface area contributed by atoms with Crippen LogP contribution in [0.4, 0.5) is 0 Å². The molecule has 0 radical (unpaired) electrons.